The first-order chi connectivity index (χ1) is 8.58. The van der Waals surface area contributed by atoms with Gasteiger partial charge in [-0.1, -0.05) is 0 Å². The molecule has 1 atom stereocenters. The smallest absolute Gasteiger partial charge is 0.296 e. The van der Waals surface area contributed by atoms with Gasteiger partial charge in [-0.05, 0) is 26.0 Å². The van der Waals surface area contributed by atoms with Gasteiger partial charge in [0, 0.05) is 12.6 Å². The van der Waals surface area contributed by atoms with Gasteiger partial charge in [-0.3, -0.25) is 10.1 Å². The lowest BCUT2D eigenvalue weighted by atomic mass is 10.2. The molecule has 6 heteroatoms. The van der Waals surface area contributed by atoms with Crippen molar-refractivity contribution < 1.29 is 14.4 Å². The number of nitro benzene ring substituents is 1. The molecule has 1 aromatic carbocycles. The van der Waals surface area contributed by atoms with E-state index in [1.165, 1.54) is 13.2 Å². The minimum absolute atomic E-state index is 0.00213. The number of hydrogen-bond donors (Lipinski definition) is 1. The van der Waals surface area contributed by atoms with E-state index in [1.807, 2.05) is 13.8 Å². The first-order valence-corrected chi connectivity index (χ1v) is 5.75. The van der Waals surface area contributed by atoms with Crippen molar-refractivity contribution in [1.29, 1.82) is 0 Å². The molecule has 1 unspecified atom stereocenters. The van der Waals surface area contributed by atoms with Crippen molar-refractivity contribution in [2.45, 2.75) is 19.9 Å². The lowest BCUT2D eigenvalue weighted by Crippen LogP contribution is -2.22. The van der Waals surface area contributed by atoms with Gasteiger partial charge in [-0.2, -0.15) is 0 Å². The second-order valence-corrected chi connectivity index (χ2v) is 3.85. The highest BCUT2D eigenvalue weighted by atomic mass is 16.6. The van der Waals surface area contributed by atoms with E-state index in [4.69, 9.17) is 9.47 Å². The van der Waals surface area contributed by atoms with Crippen molar-refractivity contribution in [1.82, 2.24) is 0 Å². The second kappa shape index (κ2) is 6.80. The first-order valence-electron chi connectivity index (χ1n) is 5.75. The minimum atomic E-state index is -0.432. The molecule has 0 saturated heterocycles. The summed E-state index contributed by atoms with van der Waals surface area (Å²) in [4.78, 5) is 10.5. The van der Waals surface area contributed by atoms with Gasteiger partial charge in [0.2, 0.25) is 0 Å². The Balaban J connectivity index is 2.84. The summed E-state index contributed by atoms with van der Waals surface area (Å²) in [7, 11) is 1.48. The zero-order valence-electron chi connectivity index (χ0n) is 10.8. The maximum Gasteiger partial charge on any atom is 0.296 e. The van der Waals surface area contributed by atoms with E-state index in [1.54, 1.807) is 12.1 Å². The molecule has 0 bridgehead atoms. The van der Waals surface area contributed by atoms with Crippen LogP contribution in [0.2, 0.25) is 0 Å². The van der Waals surface area contributed by atoms with Crippen LogP contribution in [0.1, 0.15) is 13.8 Å². The van der Waals surface area contributed by atoms with E-state index in [2.05, 4.69) is 5.32 Å². The summed E-state index contributed by atoms with van der Waals surface area (Å²) in [6, 6.07) is 4.72. The van der Waals surface area contributed by atoms with Crippen LogP contribution in [0.5, 0.6) is 5.75 Å². The Morgan fingerprint density at radius 1 is 1.50 bits per heavy atom. The minimum Gasteiger partial charge on any atom is -0.496 e. The van der Waals surface area contributed by atoms with E-state index in [9.17, 15) is 10.1 Å². The second-order valence-electron chi connectivity index (χ2n) is 3.85. The predicted octanol–water partition coefficient (Wildman–Crippen LogP) is 2.44. The fourth-order valence-electron chi connectivity index (χ4n) is 1.51. The Morgan fingerprint density at radius 3 is 2.78 bits per heavy atom. The third kappa shape index (κ3) is 3.89. The molecule has 0 heterocycles. The molecule has 0 radical (unpaired) electrons. The van der Waals surface area contributed by atoms with Gasteiger partial charge in [0.25, 0.3) is 5.69 Å². The lowest BCUT2D eigenvalue weighted by molar-refractivity contribution is -0.384. The topological polar surface area (TPSA) is 73.6 Å². The quantitative estimate of drug-likeness (QED) is 0.597. The van der Waals surface area contributed by atoms with Crippen LogP contribution < -0.4 is 10.1 Å². The fraction of sp³-hybridized carbons (Fsp3) is 0.500. The van der Waals surface area contributed by atoms with Crippen molar-refractivity contribution in [3.05, 3.63) is 28.3 Å². The van der Waals surface area contributed by atoms with Crippen LogP contribution >= 0.6 is 0 Å². The summed E-state index contributed by atoms with van der Waals surface area (Å²) in [6.45, 7) is 4.93. The molecule has 18 heavy (non-hydrogen) atoms. The monoisotopic (exact) mass is 254 g/mol. The van der Waals surface area contributed by atoms with E-state index in [-0.39, 0.29) is 11.7 Å². The summed E-state index contributed by atoms with van der Waals surface area (Å²) in [5.74, 6) is 0.463. The Kier molecular flexibility index (Phi) is 5.38. The Morgan fingerprint density at radius 2 is 2.22 bits per heavy atom. The largest absolute Gasteiger partial charge is 0.496 e. The standard InChI is InChI=1S/C12H18N2O4/c1-4-18-8-9(2)13-11-6-5-10(17-3)7-12(11)14(15)16/h5-7,9,13H,4,8H2,1-3H3. The number of benzene rings is 1. The molecule has 0 aliphatic carbocycles. The summed E-state index contributed by atoms with van der Waals surface area (Å²) in [5.41, 5.74) is 0.464. The number of anilines is 1. The Labute approximate surface area is 106 Å². The molecular weight excluding hydrogens is 236 g/mol. The number of methoxy groups -OCH3 is 1. The van der Waals surface area contributed by atoms with Crippen LogP contribution in [-0.2, 0) is 4.74 Å². The highest BCUT2D eigenvalue weighted by molar-refractivity contribution is 5.64. The van der Waals surface area contributed by atoms with Gasteiger partial charge in [-0.15, -0.1) is 0 Å². The average molecular weight is 254 g/mol. The van der Waals surface area contributed by atoms with Crippen molar-refractivity contribution >= 4 is 11.4 Å². The van der Waals surface area contributed by atoms with Crippen molar-refractivity contribution in [3.8, 4) is 5.75 Å². The number of nitrogens with zero attached hydrogens (tertiary/aromatic N) is 1. The van der Waals surface area contributed by atoms with Crippen LogP contribution in [0.25, 0.3) is 0 Å². The third-order valence-electron chi connectivity index (χ3n) is 2.38. The summed E-state index contributed by atoms with van der Waals surface area (Å²) < 4.78 is 10.2. The number of rotatable bonds is 7. The SMILES string of the molecule is CCOCC(C)Nc1ccc(OC)cc1[N+](=O)[O-]. The third-order valence-corrected chi connectivity index (χ3v) is 2.38. The molecule has 0 spiro atoms. The molecule has 1 N–H and O–H groups in total. The van der Waals surface area contributed by atoms with Gasteiger partial charge in [0.05, 0.1) is 24.7 Å². The van der Waals surface area contributed by atoms with E-state index >= 15 is 0 Å². The number of ether oxygens (including phenoxy) is 2. The Hall–Kier alpha value is -1.82. The molecule has 100 valence electrons. The van der Waals surface area contributed by atoms with Gasteiger partial charge in [-0.25, -0.2) is 0 Å². The molecule has 6 nitrogen and oxygen atoms in total. The highest BCUT2D eigenvalue weighted by Crippen LogP contribution is 2.29. The Bertz CT molecular complexity index is 409. The summed E-state index contributed by atoms with van der Waals surface area (Å²) >= 11 is 0. The molecule has 0 aliphatic heterocycles. The average Bonchev–Trinajstić information content (AvgIpc) is 2.36. The van der Waals surface area contributed by atoms with Crippen LogP contribution in [0, 0.1) is 10.1 Å². The van der Waals surface area contributed by atoms with Crippen LogP contribution in [-0.4, -0.2) is 31.3 Å². The first kappa shape index (κ1) is 14.2. The van der Waals surface area contributed by atoms with E-state index in [0.717, 1.165) is 0 Å². The van der Waals surface area contributed by atoms with E-state index in [0.29, 0.717) is 24.7 Å². The van der Waals surface area contributed by atoms with Gasteiger partial charge in [0.15, 0.2) is 0 Å². The van der Waals surface area contributed by atoms with Crippen LogP contribution in [0.4, 0.5) is 11.4 Å². The van der Waals surface area contributed by atoms with Crippen LogP contribution in [0.15, 0.2) is 18.2 Å². The zero-order valence-corrected chi connectivity index (χ0v) is 10.8. The van der Waals surface area contributed by atoms with Gasteiger partial charge >= 0.3 is 0 Å². The van der Waals surface area contributed by atoms with Crippen molar-refractivity contribution in [2.24, 2.45) is 0 Å². The van der Waals surface area contributed by atoms with Crippen molar-refractivity contribution in [3.63, 3.8) is 0 Å². The fourth-order valence-corrected chi connectivity index (χ4v) is 1.51. The molecule has 0 saturated carbocycles. The molecular formula is C12H18N2O4. The zero-order chi connectivity index (χ0) is 13.5. The lowest BCUT2D eigenvalue weighted by Gasteiger charge is -2.15. The van der Waals surface area contributed by atoms with Crippen molar-refractivity contribution in [2.75, 3.05) is 25.6 Å². The summed E-state index contributed by atoms with van der Waals surface area (Å²) in [5, 5.41) is 14.0. The molecule has 0 aromatic heterocycles. The maximum absolute atomic E-state index is 11.0. The normalized spacial score (nSPS) is 11.9. The molecule has 0 aliphatic rings. The van der Waals surface area contributed by atoms with Crippen LogP contribution in [0.3, 0.4) is 0 Å². The van der Waals surface area contributed by atoms with Gasteiger partial charge < -0.3 is 14.8 Å². The highest BCUT2D eigenvalue weighted by Gasteiger charge is 2.16. The van der Waals surface area contributed by atoms with E-state index < -0.39 is 4.92 Å². The van der Waals surface area contributed by atoms with Gasteiger partial charge in [0.1, 0.15) is 11.4 Å². The molecule has 1 aromatic rings. The molecule has 0 amide bonds. The predicted molar refractivity (Wildman–Crippen MR) is 69.2 cm³/mol. The molecule has 0 fully saturated rings. The summed E-state index contributed by atoms with van der Waals surface area (Å²) in [6.07, 6.45) is 0. The maximum atomic E-state index is 11.0. The molecule has 1 rings (SSSR count). The number of nitrogens with one attached hydrogen (secondary N) is 1. The number of hydrogen-bond acceptors (Lipinski definition) is 5. The number of nitro groups is 1.